The summed E-state index contributed by atoms with van der Waals surface area (Å²) < 4.78 is 7.20. The van der Waals surface area contributed by atoms with Gasteiger partial charge < -0.3 is 25.5 Å². The summed E-state index contributed by atoms with van der Waals surface area (Å²) in [4.78, 5) is 39.1. The summed E-state index contributed by atoms with van der Waals surface area (Å²) >= 11 is 0. The molecule has 0 radical (unpaired) electrons. The molecule has 1 aliphatic heterocycles. The second-order valence-corrected chi connectivity index (χ2v) is 9.12. The van der Waals surface area contributed by atoms with Crippen molar-refractivity contribution in [3.63, 3.8) is 0 Å². The third kappa shape index (κ3) is 6.37. The van der Waals surface area contributed by atoms with E-state index in [1.54, 1.807) is 4.57 Å². The number of nitrogens with zero attached hydrogens (tertiary/aromatic N) is 5. The number of aromatic nitrogens is 4. The summed E-state index contributed by atoms with van der Waals surface area (Å²) in [5.74, 6) is 0.697. The van der Waals surface area contributed by atoms with Crippen molar-refractivity contribution >= 4 is 23.1 Å². The molecule has 1 amide bonds. The Hall–Kier alpha value is -2.82. The first-order valence-electron chi connectivity index (χ1n) is 11.9. The standard InChI is InChI=1S/C22H37N7O4/c1-4-5-13-33-20-25-18(23)17-19(26-20)29(21(30)24-17)10-6-9-28(14-15(2)3)16-7-11-27(12-8-16)22(31)32/h15-16H,4-14H2,1-3H3,(H,24,30)(H,31,32)(H2,23,25,26). The number of H-pyrrole nitrogens is 1. The molecule has 1 fully saturated rings. The Morgan fingerprint density at radius 3 is 2.67 bits per heavy atom. The number of imidazole rings is 1. The molecule has 2 aromatic heterocycles. The fourth-order valence-corrected chi connectivity index (χ4v) is 4.36. The minimum absolute atomic E-state index is 0.188. The lowest BCUT2D eigenvalue weighted by molar-refractivity contribution is 0.0874. The fourth-order valence-electron chi connectivity index (χ4n) is 4.36. The molecule has 11 nitrogen and oxygen atoms in total. The first-order valence-corrected chi connectivity index (χ1v) is 11.9. The van der Waals surface area contributed by atoms with E-state index in [-0.39, 0.29) is 17.5 Å². The number of unbranched alkanes of at least 4 members (excludes halogenated alkanes) is 1. The second-order valence-electron chi connectivity index (χ2n) is 9.12. The molecule has 0 unspecified atom stereocenters. The third-order valence-electron chi connectivity index (χ3n) is 6.04. The average molecular weight is 464 g/mol. The summed E-state index contributed by atoms with van der Waals surface area (Å²) in [6.07, 6.45) is 3.45. The molecule has 0 saturated carbocycles. The van der Waals surface area contributed by atoms with Gasteiger partial charge in [-0.25, -0.2) is 9.59 Å². The van der Waals surface area contributed by atoms with Gasteiger partial charge in [0.15, 0.2) is 11.5 Å². The van der Waals surface area contributed by atoms with Crippen LogP contribution in [0.4, 0.5) is 10.6 Å². The summed E-state index contributed by atoms with van der Waals surface area (Å²) in [6, 6.07) is 0.534. The normalized spacial score (nSPS) is 15.1. The van der Waals surface area contributed by atoms with E-state index in [9.17, 15) is 14.7 Å². The lowest BCUT2D eigenvalue weighted by Crippen LogP contribution is -2.47. The van der Waals surface area contributed by atoms with Crippen LogP contribution < -0.4 is 16.2 Å². The van der Waals surface area contributed by atoms with Gasteiger partial charge in [-0.15, -0.1) is 0 Å². The number of nitrogens with two attached hydrogens (primary N) is 1. The number of aryl methyl sites for hydroxylation is 1. The topological polar surface area (TPSA) is 143 Å². The van der Waals surface area contributed by atoms with E-state index in [1.165, 1.54) is 4.90 Å². The van der Waals surface area contributed by atoms with Gasteiger partial charge >= 0.3 is 17.8 Å². The highest BCUT2D eigenvalue weighted by Gasteiger charge is 2.27. The van der Waals surface area contributed by atoms with Crippen LogP contribution in [0.1, 0.15) is 52.9 Å². The van der Waals surface area contributed by atoms with Crippen LogP contribution in [-0.2, 0) is 6.54 Å². The smallest absolute Gasteiger partial charge is 0.407 e. The SMILES string of the molecule is CCCCOc1nc(N)c2[nH]c(=O)n(CCCN(CC(C)C)C3CCN(C(=O)O)CC3)c2n1. The Balaban J connectivity index is 1.68. The summed E-state index contributed by atoms with van der Waals surface area (Å²) in [5.41, 5.74) is 6.67. The summed E-state index contributed by atoms with van der Waals surface area (Å²) in [5, 5.41) is 9.22. The van der Waals surface area contributed by atoms with Crippen LogP contribution in [0, 0.1) is 5.92 Å². The van der Waals surface area contributed by atoms with Gasteiger partial charge in [0.25, 0.3) is 0 Å². The Bertz CT molecular complexity index is 979. The maximum Gasteiger partial charge on any atom is 0.407 e. The van der Waals surface area contributed by atoms with E-state index in [2.05, 4.69) is 40.6 Å². The molecule has 4 N–H and O–H groups in total. The van der Waals surface area contributed by atoms with Gasteiger partial charge in [-0.1, -0.05) is 27.2 Å². The molecule has 11 heteroatoms. The van der Waals surface area contributed by atoms with Crippen LogP contribution in [0.3, 0.4) is 0 Å². The van der Waals surface area contributed by atoms with Crippen LogP contribution in [-0.4, -0.2) is 79.3 Å². The van der Waals surface area contributed by atoms with Gasteiger partial charge in [-0.2, -0.15) is 9.97 Å². The molecule has 0 spiro atoms. The Labute approximate surface area is 193 Å². The predicted molar refractivity (Wildman–Crippen MR) is 127 cm³/mol. The van der Waals surface area contributed by atoms with Gasteiger partial charge in [0.2, 0.25) is 0 Å². The van der Waals surface area contributed by atoms with Crippen molar-refractivity contribution in [2.45, 2.75) is 65.5 Å². The van der Waals surface area contributed by atoms with E-state index in [0.717, 1.165) is 45.2 Å². The molecule has 3 heterocycles. The minimum atomic E-state index is -0.845. The Morgan fingerprint density at radius 2 is 2.03 bits per heavy atom. The number of nitrogen functional groups attached to an aromatic ring is 1. The van der Waals surface area contributed by atoms with Crippen molar-refractivity contribution in [3.8, 4) is 6.01 Å². The minimum Gasteiger partial charge on any atom is -0.465 e. The van der Waals surface area contributed by atoms with Crippen LogP contribution in [0.25, 0.3) is 11.2 Å². The maximum absolute atomic E-state index is 12.6. The van der Waals surface area contributed by atoms with E-state index in [0.29, 0.717) is 49.4 Å². The quantitative estimate of drug-likeness (QED) is 0.431. The van der Waals surface area contributed by atoms with E-state index < -0.39 is 6.09 Å². The monoisotopic (exact) mass is 463 g/mol. The van der Waals surface area contributed by atoms with Gasteiger partial charge in [-0.05, 0) is 31.6 Å². The predicted octanol–water partition coefficient (Wildman–Crippen LogP) is 2.37. The summed E-state index contributed by atoms with van der Waals surface area (Å²) in [6.45, 7) is 10.3. The van der Waals surface area contributed by atoms with E-state index >= 15 is 0 Å². The number of carbonyl (C=O) groups is 1. The number of nitrogens with one attached hydrogen (secondary N) is 1. The lowest BCUT2D eigenvalue weighted by Gasteiger charge is -2.38. The van der Waals surface area contributed by atoms with Crippen LogP contribution >= 0.6 is 0 Å². The van der Waals surface area contributed by atoms with Gasteiger partial charge in [0.05, 0.1) is 6.61 Å². The highest BCUT2D eigenvalue weighted by Crippen LogP contribution is 2.20. The Kier molecular flexibility index (Phi) is 8.54. The first kappa shape index (κ1) is 24.8. The molecule has 33 heavy (non-hydrogen) atoms. The van der Waals surface area contributed by atoms with Gasteiger partial charge in [0, 0.05) is 38.8 Å². The number of amides is 1. The number of piperidine rings is 1. The maximum atomic E-state index is 12.6. The number of aromatic amines is 1. The van der Waals surface area contributed by atoms with Crippen molar-refractivity contribution < 1.29 is 14.6 Å². The molecule has 0 atom stereocenters. The van der Waals surface area contributed by atoms with Crippen LogP contribution in [0.5, 0.6) is 6.01 Å². The molecule has 184 valence electrons. The van der Waals surface area contributed by atoms with Crippen molar-refractivity contribution in [3.05, 3.63) is 10.5 Å². The van der Waals surface area contributed by atoms with Crippen molar-refractivity contribution in [1.82, 2.24) is 29.3 Å². The molecule has 1 aliphatic rings. The van der Waals surface area contributed by atoms with Crippen molar-refractivity contribution in [2.24, 2.45) is 5.92 Å². The molecule has 0 aromatic carbocycles. The molecular formula is C22H37N7O4. The number of hydrogen-bond donors (Lipinski definition) is 3. The summed E-state index contributed by atoms with van der Waals surface area (Å²) in [7, 11) is 0. The number of hydrogen-bond acceptors (Lipinski definition) is 7. The molecule has 2 aromatic rings. The number of ether oxygens (including phenoxy) is 1. The Morgan fingerprint density at radius 1 is 1.30 bits per heavy atom. The number of fused-ring (bicyclic) bond motifs is 1. The largest absolute Gasteiger partial charge is 0.465 e. The highest BCUT2D eigenvalue weighted by atomic mass is 16.5. The highest BCUT2D eigenvalue weighted by molar-refractivity contribution is 5.81. The molecule has 1 saturated heterocycles. The first-order chi connectivity index (χ1) is 15.8. The zero-order valence-electron chi connectivity index (χ0n) is 19.9. The van der Waals surface area contributed by atoms with Crippen molar-refractivity contribution in [2.75, 3.05) is 38.5 Å². The zero-order chi connectivity index (χ0) is 24.0. The fraction of sp³-hybridized carbons (Fsp3) is 0.727. The number of rotatable bonds is 11. The van der Waals surface area contributed by atoms with Crippen LogP contribution in [0.15, 0.2) is 4.79 Å². The zero-order valence-corrected chi connectivity index (χ0v) is 19.9. The van der Waals surface area contributed by atoms with Crippen molar-refractivity contribution in [1.29, 1.82) is 0 Å². The average Bonchev–Trinajstić information content (AvgIpc) is 3.09. The van der Waals surface area contributed by atoms with Gasteiger partial charge in [-0.3, -0.25) is 9.47 Å². The molecule has 0 aliphatic carbocycles. The number of carboxylic acid groups (broad SMARTS) is 1. The number of likely N-dealkylation sites (tertiary alicyclic amines) is 1. The number of anilines is 1. The third-order valence-corrected chi connectivity index (χ3v) is 6.04. The molecular weight excluding hydrogens is 426 g/mol. The lowest BCUT2D eigenvalue weighted by atomic mass is 10.0. The van der Waals surface area contributed by atoms with Crippen LogP contribution in [0.2, 0.25) is 0 Å². The second kappa shape index (κ2) is 11.4. The van der Waals surface area contributed by atoms with E-state index in [1.807, 2.05) is 0 Å². The molecule has 0 bridgehead atoms. The van der Waals surface area contributed by atoms with Gasteiger partial charge in [0.1, 0.15) is 5.52 Å². The van der Waals surface area contributed by atoms with E-state index in [4.69, 9.17) is 10.5 Å². The molecule has 3 rings (SSSR count).